The first-order valence-corrected chi connectivity index (χ1v) is 8.69. The summed E-state index contributed by atoms with van der Waals surface area (Å²) in [5.74, 6) is 3.49. The summed E-state index contributed by atoms with van der Waals surface area (Å²) in [6.45, 7) is 2.49. The van der Waals surface area contributed by atoms with Crippen LogP contribution in [0.4, 0.5) is 0 Å². The molecule has 0 N–H and O–H groups in total. The van der Waals surface area contributed by atoms with Gasteiger partial charge in [0.2, 0.25) is 5.91 Å². The highest BCUT2D eigenvalue weighted by molar-refractivity contribution is 7.99. The van der Waals surface area contributed by atoms with E-state index in [1.807, 2.05) is 16.7 Å². The normalized spacial score (nSPS) is 25.3. The molecule has 0 aliphatic carbocycles. The maximum absolute atomic E-state index is 12.5. The van der Waals surface area contributed by atoms with Crippen LogP contribution in [0.3, 0.4) is 0 Å². The van der Waals surface area contributed by atoms with Gasteiger partial charge in [-0.2, -0.15) is 11.8 Å². The molecular formula is C15H25NO2S. The molecule has 2 aliphatic heterocycles. The Balaban J connectivity index is 1.88. The average Bonchev–Trinajstić information content (AvgIpc) is 2.39. The zero-order valence-corrected chi connectivity index (χ0v) is 12.7. The lowest BCUT2D eigenvalue weighted by Gasteiger charge is -2.36. The number of hydrogen-bond acceptors (Lipinski definition) is 3. The molecule has 2 heterocycles. The van der Waals surface area contributed by atoms with Gasteiger partial charge in [-0.05, 0) is 56.5 Å². The van der Waals surface area contributed by atoms with E-state index in [2.05, 4.69) is 0 Å². The van der Waals surface area contributed by atoms with E-state index in [4.69, 9.17) is 0 Å². The molecule has 2 aliphatic rings. The van der Waals surface area contributed by atoms with Crippen molar-refractivity contribution in [2.24, 2.45) is 5.92 Å². The second-order valence-corrected chi connectivity index (χ2v) is 7.13. The van der Waals surface area contributed by atoms with E-state index in [-0.39, 0.29) is 11.8 Å². The Labute approximate surface area is 120 Å². The lowest BCUT2D eigenvalue weighted by atomic mass is 9.94. The van der Waals surface area contributed by atoms with Gasteiger partial charge in [0, 0.05) is 25.4 Å². The van der Waals surface area contributed by atoms with Crippen molar-refractivity contribution >= 4 is 23.5 Å². The Hall–Kier alpha value is -0.510. The summed E-state index contributed by atoms with van der Waals surface area (Å²) in [4.78, 5) is 25.8. The molecule has 1 amide bonds. The highest BCUT2D eigenvalue weighted by Gasteiger charge is 2.29. The number of ketones is 1. The van der Waals surface area contributed by atoms with Crippen molar-refractivity contribution in [3.63, 3.8) is 0 Å². The predicted molar refractivity (Wildman–Crippen MR) is 79.3 cm³/mol. The molecule has 4 heteroatoms. The largest absolute Gasteiger partial charge is 0.339 e. The van der Waals surface area contributed by atoms with E-state index in [1.165, 1.54) is 24.3 Å². The van der Waals surface area contributed by atoms with Crippen LogP contribution in [0, 0.1) is 5.92 Å². The molecule has 0 aromatic carbocycles. The van der Waals surface area contributed by atoms with Crippen LogP contribution in [0.1, 0.15) is 51.9 Å². The maximum atomic E-state index is 12.5. The molecule has 0 bridgehead atoms. The number of rotatable bonds is 4. The smallest absolute Gasteiger partial charge is 0.223 e. The Morgan fingerprint density at radius 3 is 2.53 bits per heavy atom. The van der Waals surface area contributed by atoms with E-state index in [9.17, 15) is 9.59 Å². The van der Waals surface area contributed by atoms with Gasteiger partial charge in [-0.1, -0.05) is 0 Å². The van der Waals surface area contributed by atoms with Crippen LogP contribution in [0.25, 0.3) is 0 Å². The molecule has 2 fully saturated rings. The molecule has 0 saturated carbocycles. The van der Waals surface area contributed by atoms with E-state index < -0.39 is 0 Å². The van der Waals surface area contributed by atoms with Gasteiger partial charge in [0.05, 0.1) is 0 Å². The fourth-order valence-corrected chi connectivity index (χ4v) is 4.39. The van der Waals surface area contributed by atoms with E-state index in [0.717, 1.165) is 25.8 Å². The number of amides is 1. The Morgan fingerprint density at radius 2 is 1.84 bits per heavy atom. The Bertz CT molecular complexity index is 326. The number of piperidine rings is 1. The number of carbonyl (C=O) groups is 2. The first-order chi connectivity index (χ1) is 9.16. The molecule has 0 spiro atoms. The van der Waals surface area contributed by atoms with Gasteiger partial charge in [0.15, 0.2) is 0 Å². The number of nitrogens with zero attached hydrogens (tertiary/aromatic N) is 1. The molecule has 19 heavy (non-hydrogen) atoms. The second-order valence-electron chi connectivity index (χ2n) is 5.90. The van der Waals surface area contributed by atoms with E-state index >= 15 is 0 Å². The van der Waals surface area contributed by atoms with Gasteiger partial charge in [0.25, 0.3) is 0 Å². The van der Waals surface area contributed by atoms with Gasteiger partial charge in [-0.15, -0.1) is 0 Å². The molecule has 3 nitrogen and oxygen atoms in total. The fourth-order valence-electron chi connectivity index (χ4n) is 3.19. The first kappa shape index (κ1) is 14.9. The molecule has 108 valence electrons. The van der Waals surface area contributed by atoms with E-state index in [1.54, 1.807) is 6.92 Å². The van der Waals surface area contributed by atoms with Crippen molar-refractivity contribution in [3.05, 3.63) is 0 Å². The van der Waals surface area contributed by atoms with E-state index in [0.29, 0.717) is 24.7 Å². The van der Waals surface area contributed by atoms with Crippen molar-refractivity contribution in [1.29, 1.82) is 0 Å². The third-order valence-electron chi connectivity index (χ3n) is 4.27. The molecule has 0 radical (unpaired) electrons. The minimum absolute atomic E-state index is 0.178. The summed E-state index contributed by atoms with van der Waals surface area (Å²) in [6.07, 6.45) is 6.87. The van der Waals surface area contributed by atoms with Crippen molar-refractivity contribution < 1.29 is 9.59 Å². The zero-order valence-electron chi connectivity index (χ0n) is 11.9. The number of likely N-dealkylation sites (tertiary alicyclic amines) is 1. The third kappa shape index (κ3) is 4.51. The van der Waals surface area contributed by atoms with Crippen LogP contribution >= 0.6 is 11.8 Å². The van der Waals surface area contributed by atoms with Crippen LogP contribution in [0.15, 0.2) is 0 Å². The second kappa shape index (κ2) is 7.32. The minimum Gasteiger partial charge on any atom is -0.339 e. The van der Waals surface area contributed by atoms with Crippen LogP contribution in [-0.2, 0) is 9.59 Å². The summed E-state index contributed by atoms with van der Waals surface area (Å²) in [5.41, 5.74) is 0. The monoisotopic (exact) mass is 283 g/mol. The summed E-state index contributed by atoms with van der Waals surface area (Å²) in [6, 6.07) is 0.178. The highest BCUT2D eigenvalue weighted by atomic mass is 32.2. The summed E-state index contributed by atoms with van der Waals surface area (Å²) in [5, 5.41) is 0. The highest BCUT2D eigenvalue weighted by Crippen LogP contribution is 2.28. The van der Waals surface area contributed by atoms with Crippen molar-refractivity contribution in [1.82, 2.24) is 4.90 Å². The first-order valence-electron chi connectivity index (χ1n) is 7.53. The number of thioether (sulfide) groups is 1. The summed E-state index contributed by atoms with van der Waals surface area (Å²) >= 11 is 2.00. The maximum Gasteiger partial charge on any atom is 0.223 e. The van der Waals surface area contributed by atoms with Crippen LogP contribution < -0.4 is 0 Å². The van der Waals surface area contributed by atoms with Gasteiger partial charge >= 0.3 is 0 Å². The third-order valence-corrected chi connectivity index (χ3v) is 5.32. The van der Waals surface area contributed by atoms with Crippen LogP contribution in [-0.4, -0.2) is 40.7 Å². The minimum atomic E-state index is 0.178. The molecule has 2 saturated heterocycles. The number of Topliss-reactive ketones (excluding diaryl/α,β-unsaturated/α-hetero) is 1. The van der Waals surface area contributed by atoms with Gasteiger partial charge in [-0.25, -0.2) is 0 Å². The molecule has 0 aromatic rings. The van der Waals surface area contributed by atoms with Crippen molar-refractivity contribution in [2.45, 2.75) is 57.9 Å². The number of carbonyl (C=O) groups excluding carboxylic acids is 2. The Morgan fingerprint density at radius 1 is 1.11 bits per heavy atom. The molecule has 1 unspecified atom stereocenters. The summed E-state index contributed by atoms with van der Waals surface area (Å²) in [7, 11) is 0. The average molecular weight is 283 g/mol. The van der Waals surface area contributed by atoms with Gasteiger partial charge in [0.1, 0.15) is 5.78 Å². The molecule has 0 aromatic heterocycles. The zero-order chi connectivity index (χ0) is 13.7. The van der Waals surface area contributed by atoms with Crippen molar-refractivity contribution in [2.75, 3.05) is 18.1 Å². The standard InChI is InChI=1S/C15H25NO2S/c1-12(17)10-14-4-2-3-7-16(14)15(18)11-13-5-8-19-9-6-13/h13-14H,2-11H2,1H3. The topological polar surface area (TPSA) is 37.4 Å². The SMILES string of the molecule is CC(=O)CC1CCCCN1C(=O)CC1CCSCC1. The molecule has 2 rings (SSSR count). The quantitative estimate of drug-likeness (QED) is 0.796. The fraction of sp³-hybridized carbons (Fsp3) is 0.867. The lowest BCUT2D eigenvalue weighted by Crippen LogP contribution is -2.45. The predicted octanol–water partition coefficient (Wildman–Crippen LogP) is 2.88. The van der Waals surface area contributed by atoms with Gasteiger partial charge < -0.3 is 4.90 Å². The molecule has 1 atom stereocenters. The van der Waals surface area contributed by atoms with Gasteiger partial charge in [-0.3, -0.25) is 9.59 Å². The number of hydrogen-bond donors (Lipinski definition) is 0. The van der Waals surface area contributed by atoms with Crippen molar-refractivity contribution in [3.8, 4) is 0 Å². The Kier molecular flexibility index (Phi) is 5.74. The van der Waals surface area contributed by atoms with Crippen LogP contribution in [0.2, 0.25) is 0 Å². The lowest BCUT2D eigenvalue weighted by molar-refractivity contribution is -0.136. The molecular weight excluding hydrogens is 258 g/mol. The summed E-state index contributed by atoms with van der Waals surface area (Å²) < 4.78 is 0. The van der Waals surface area contributed by atoms with Crippen LogP contribution in [0.5, 0.6) is 0 Å².